The summed E-state index contributed by atoms with van der Waals surface area (Å²) < 4.78 is 2.07. The van der Waals surface area contributed by atoms with Crippen molar-refractivity contribution in [1.82, 2.24) is 19.4 Å². The fraction of sp³-hybridized carbons (Fsp3) is 0.440. The first-order chi connectivity index (χ1) is 14.7. The summed E-state index contributed by atoms with van der Waals surface area (Å²) in [5, 5.41) is 0. The third-order valence-corrected chi connectivity index (χ3v) is 6.85. The zero-order chi connectivity index (χ0) is 20.5. The normalized spacial score (nSPS) is 22.2. The number of benzene rings is 2. The lowest BCUT2D eigenvalue weighted by Gasteiger charge is -2.35. The maximum atomic E-state index is 13.4. The third-order valence-electron chi connectivity index (χ3n) is 6.85. The van der Waals surface area contributed by atoms with Crippen molar-refractivity contribution >= 4 is 16.9 Å². The molecule has 0 N–H and O–H groups in total. The van der Waals surface area contributed by atoms with Gasteiger partial charge in [-0.15, -0.1) is 0 Å². The quantitative estimate of drug-likeness (QED) is 0.648. The molecule has 2 atom stereocenters. The van der Waals surface area contributed by atoms with E-state index in [4.69, 9.17) is 0 Å². The van der Waals surface area contributed by atoms with Crippen molar-refractivity contribution in [3.63, 3.8) is 0 Å². The number of para-hydroxylation sites is 2. The highest BCUT2D eigenvalue weighted by Gasteiger charge is 2.39. The largest absolute Gasteiger partial charge is 0.337 e. The molecule has 5 heteroatoms. The van der Waals surface area contributed by atoms with Crippen molar-refractivity contribution in [3.8, 4) is 0 Å². The van der Waals surface area contributed by atoms with Crippen molar-refractivity contribution in [1.29, 1.82) is 0 Å². The molecule has 0 spiro atoms. The molecule has 30 heavy (non-hydrogen) atoms. The van der Waals surface area contributed by atoms with Crippen LogP contribution in [0.25, 0.3) is 11.0 Å². The molecule has 3 aromatic rings. The van der Waals surface area contributed by atoms with Crippen molar-refractivity contribution in [2.75, 3.05) is 13.1 Å². The summed E-state index contributed by atoms with van der Waals surface area (Å²) in [5.74, 6) is 1.14. The lowest BCUT2D eigenvalue weighted by atomic mass is 10.0. The zero-order valence-electron chi connectivity index (χ0n) is 17.7. The molecule has 2 aliphatic heterocycles. The molecule has 1 amide bonds. The Labute approximate surface area is 178 Å². The van der Waals surface area contributed by atoms with Gasteiger partial charge in [0, 0.05) is 25.2 Å². The monoisotopic (exact) mass is 402 g/mol. The Morgan fingerprint density at radius 1 is 0.967 bits per heavy atom. The second-order valence-corrected chi connectivity index (χ2v) is 8.70. The smallest absolute Gasteiger partial charge is 0.242 e. The molecule has 0 radical (unpaired) electrons. The number of hydrogen-bond acceptors (Lipinski definition) is 3. The second kappa shape index (κ2) is 8.23. The lowest BCUT2D eigenvalue weighted by Crippen LogP contribution is -2.48. The van der Waals surface area contributed by atoms with Gasteiger partial charge in [-0.25, -0.2) is 4.98 Å². The van der Waals surface area contributed by atoms with Crippen molar-refractivity contribution in [2.24, 2.45) is 0 Å². The van der Waals surface area contributed by atoms with E-state index >= 15 is 0 Å². The van der Waals surface area contributed by atoms with Gasteiger partial charge in [0.2, 0.25) is 5.91 Å². The highest BCUT2D eigenvalue weighted by Crippen LogP contribution is 2.31. The molecule has 5 rings (SSSR count). The number of likely N-dealkylation sites (tertiary alicyclic amines) is 2. The number of nitrogens with zero attached hydrogens (tertiary/aromatic N) is 4. The number of carbonyl (C=O) groups is 1. The number of rotatable bonds is 5. The van der Waals surface area contributed by atoms with Gasteiger partial charge in [0.25, 0.3) is 0 Å². The molecular weight excluding hydrogens is 372 g/mol. The number of hydrogen-bond donors (Lipinski definition) is 0. The van der Waals surface area contributed by atoms with Crippen LogP contribution in [0.3, 0.4) is 0 Å². The zero-order valence-corrected chi connectivity index (χ0v) is 17.7. The van der Waals surface area contributed by atoms with E-state index in [1.165, 1.54) is 18.4 Å². The molecule has 2 saturated heterocycles. The van der Waals surface area contributed by atoms with E-state index in [2.05, 4.69) is 55.7 Å². The highest BCUT2D eigenvalue weighted by atomic mass is 16.2. The van der Waals surface area contributed by atoms with E-state index in [1.54, 1.807) is 0 Å². The minimum absolute atomic E-state index is 0.232. The number of fused-ring (bicyclic) bond motifs is 1. The summed E-state index contributed by atoms with van der Waals surface area (Å²) in [6.07, 6.45) is 4.64. The summed E-state index contributed by atoms with van der Waals surface area (Å²) in [4.78, 5) is 22.8. The molecule has 0 aliphatic carbocycles. The van der Waals surface area contributed by atoms with E-state index in [0.29, 0.717) is 18.6 Å². The topological polar surface area (TPSA) is 41.4 Å². The summed E-state index contributed by atoms with van der Waals surface area (Å²) >= 11 is 0. The first-order valence-electron chi connectivity index (χ1n) is 11.2. The van der Waals surface area contributed by atoms with E-state index in [9.17, 15) is 4.79 Å². The van der Waals surface area contributed by atoms with Crippen LogP contribution >= 0.6 is 0 Å². The van der Waals surface area contributed by atoms with Gasteiger partial charge in [0.05, 0.1) is 11.0 Å². The summed E-state index contributed by atoms with van der Waals surface area (Å²) in [7, 11) is 0. The number of aryl methyl sites for hydroxylation is 1. The molecule has 2 fully saturated rings. The first-order valence-corrected chi connectivity index (χ1v) is 11.2. The van der Waals surface area contributed by atoms with Crippen LogP contribution in [0.1, 0.15) is 37.1 Å². The Morgan fingerprint density at radius 3 is 2.57 bits per heavy atom. The number of amides is 1. The van der Waals surface area contributed by atoms with Crippen LogP contribution in [0.15, 0.2) is 54.6 Å². The van der Waals surface area contributed by atoms with Crippen LogP contribution in [0.5, 0.6) is 0 Å². The van der Waals surface area contributed by atoms with E-state index in [-0.39, 0.29) is 5.91 Å². The Morgan fingerprint density at radius 2 is 1.70 bits per heavy atom. The molecule has 5 nitrogen and oxygen atoms in total. The van der Waals surface area contributed by atoms with Crippen LogP contribution in [0.2, 0.25) is 0 Å². The minimum Gasteiger partial charge on any atom is -0.337 e. The third kappa shape index (κ3) is 3.63. The summed E-state index contributed by atoms with van der Waals surface area (Å²) in [6.45, 7) is 5.37. The number of aromatic nitrogens is 2. The van der Waals surface area contributed by atoms with Gasteiger partial charge in [-0.3, -0.25) is 9.69 Å². The van der Waals surface area contributed by atoms with Crippen molar-refractivity contribution in [3.05, 3.63) is 66.0 Å². The van der Waals surface area contributed by atoms with Crippen LogP contribution < -0.4 is 0 Å². The average Bonchev–Trinajstić information content (AvgIpc) is 3.48. The minimum atomic E-state index is 0.232. The van der Waals surface area contributed by atoms with Gasteiger partial charge in [-0.05, 0) is 56.8 Å². The average molecular weight is 403 g/mol. The van der Waals surface area contributed by atoms with E-state index in [0.717, 1.165) is 49.3 Å². The van der Waals surface area contributed by atoms with Crippen LogP contribution in [-0.4, -0.2) is 50.4 Å². The molecule has 2 unspecified atom stereocenters. The molecule has 2 aliphatic rings. The molecule has 0 saturated carbocycles. The maximum absolute atomic E-state index is 13.4. The fourth-order valence-electron chi connectivity index (χ4n) is 5.43. The van der Waals surface area contributed by atoms with E-state index in [1.807, 2.05) is 25.1 Å². The fourth-order valence-corrected chi connectivity index (χ4v) is 5.43. The Balaban J connectivity index is 1.33. The molecular formula is C25H30N4O. The SMILES string of the molecule is Cc1nc2ccccc2n1CC(=O)N1CCCC1C1CCCN1Cc1ccccc1. The summed E-state index contributed by atoms with van der Waals surface area (Å²) in [6, 6.07) is 19.6. The molecule has 0 bridgehead atoms. The Hall–Kier alpha value is -2.66. The van der Waals surface area contributed by atoms with Gasteiger partial charge in [-0.1, -0.05) is 42.5 Å². The Bertz CT molecular complexity index is 1030. The summed E-state index contributed by atoms with van der Waals surface area (Å²) in [5.41, 5.74) is 3.37. The van der Waals surface area contributed by atoms with Crippen LogP contribution in [0.4, 0.5) is 0 Å². The highest BCUT2D eigenvalue weighted by molar-refractivity contribution is 5.81. The standard InChI is InChI=1S/C25H30N4O/c1-19-26-21-11-5-6-12-22(21)29(19)18-25(30)28-16-8-14-24(28)23-13-7-15-27(23)17-20-9-3-2-4-10-20/h2-6,9-12,23-24H,7-8,13-18H2,1H3. The van der Waals surface area contributed by atoms with Crippen LogP contribution in [0, 0.1) is 6.92 Å². The molecule has 1 aromatic heterocycles. The van der Waals surface area contributed by atoms with Gasteiger partial charge < -0.3 is 9.47 Å². The Kier molecular flexibility index (Phi) is 5.30. The van der Waals surface area contributed by atoms with Crippen molar-refractivity contribution in [2.45, 2.75) is 57.8 Å². The lowest BCUT2D eigenvalue weighted by molar-refractivity contribution is -0.133. The van der Waals surface area contributed by atoms with Crippen molar-refractivity contribution < 1.29 is 4.79 Å². The maximum Gasteiger partial charge on any atom is 0.242 e. The van der Waals surface area contributed by atoms with Crippen LogP contribution in [-0.2, 0) is 17.9 Å². The van der Waals surface area contributed by atoms with Gasteiger partial charge in [0.1, 0.15) is 12.4 Å². The first kappa shape index (κ1) is 19.3. The molecule has 3 heterocycles. The molecule has 2 aromatic carbocycles. The number of carbonyl (C=O) groups excluding carboxylic acids is 1. The number of imidazole rings is 1. The molecule has 156 valence electrons. The predicted molar refractivity (Wildman–Crippen MR) is 119 cm³/mol. The predicted octanol–water partition coefficient (Wildman–Crippen LogP) is 4.00. The van der Waals surface area contributed by atoms with Gasteiger partial charge >= 0.3 is 0 Å². The van der Waals surface area contributed by atoms with Gasteiger partial charge in [0.15, 0.2) is 0 Å². The van der Waals surface area contributed by atoms with E-state index < -0.39 is 0 Å². The second-order valence-electron chi connectivity index (χ2n) is 8.70. The van der Waals surface area contributed by atoms with Gasteiger partial charge in [-0.2, -0.15) is 0 Å².